The molecule has 8 nitrogen and oxygen atoms in total. The average Bonchev–Trinajstić information content (AvgIpc) is 3.32. The highest BCUT2D eigenvalue weighted by Gasteiger charge is 2.33. The Balaban J connectivity index is 1.35. The molecule has 1 aromatic carbocycles. The number of carbonyl (C=O) groups excluding carboxylic acids is 1. The molecule has 0 bridgehead atoms. The maximum atomic E-state index is 12.6. The van der Waals surface area contributed by atoms with Crippen molar-refractivity contribution < 1.29 is 19.5 Å². The zero-order chi connectivity index (χ0) is 19.7. The minimum absolute atomic E-state index is 0.349. The van der Waals surface area contributed by atoms with Gasteiger partial charge in [-0.2, -0.15) is 0 Å². The van der Waals surface area contributed by atoms with Gasteiger partial charge in [-0.25, -0.2) is 4.98 Å². The highest BCUT2D eigenvalue weighted by molar-refractivity contribution is 7.18. The van der Waals surface area contributed by atoms with Crippen LogP contribution in [0.5, 0.6) is 0 Å². The number of para-hydroxylation sites is 1. The second kappa shape index (κ2) is 7.96. The van der Waals surface area contributed by atoms with Crippen LogP contribution in [0.3, 0.4) is 0 Å². The van der Waals surface area contributed by atoms with Crippen LogP contribution in [0.25, 0.3) is 10.2 Å². The maximum Gasteiger partial charge on any atom is 0.254 e. The number of aliphatic hydroxyl groups excluding tert-OH is 2. The Hall–Kier alpha value is -2.33. The molecular weight excluding hydrogens is 380 g/mol. The zero-order valence-electron chi connectivity index (χ0n) is 15.5. The highest BCUT2D eigenvalue weighted by Crippen LogP contribution is 2.28. The van der Waals surface area contributed by atoms with Gasteiger partial charge in [-0.05, 0) is 19.1 Å². The highest BCUT2D eigenvalue weighted by atomic mass is 32.1. The second-order valence-electron chi connectivity index (χ2n) is 6.94. The quantitative estimate of drug-likeness (QED) is 0.664. The van der Waals surface area contributed by atoms with Crippen LogP contribution in [0.1, 0.15) is 22.6 Å². The van der Waals surface area contributed by atoms with Crippen LogP contribution in [-0.4, -0.2) is 68.3 Å². The van der Waals surface area contributed by atoms with Gasteiger partial charge >= 0.3 is 0 Å². The van der Waals surface area contributed by atoms with E-state index < -0.39 is 18.1 Å². The number of aromatic nitrogens is 2. The SMILES string of the molecule is Cc1cc(CN2CCN(C(=O)C(O)C(O)c3nc4ccccc4s3)CC2)no1. The molecule has 2 aromatic heterocycles. The van der Waals surface area contributed by atoms with Crippen LogP contribution in [-0.2, 0) is 11.3 Å². The van der Waals surface area contributed by atoms with E-state index in [4.69, 9.17) is 4.52 Å². The number of benzene rings is 1. The normalized spacial score (nSPS) is 17.8. The first kappa shape index (κ1) is 19.0. The van der Waals surface area contributed by atoms with Gasteiger partial charge in [0.2, 0.25) is 0 Å². The van der Waals surface area contributed by atoms with Crippen molar-refractivity contribution in [3.63, 3.8) is 0 Å². The lowest BCUT2D eigenvalue weighted by molar-refractivity contribution is -0.148. The van der Waals surface area contributed by atoms with E-state index in [0.717, 1.165) is 21.7 Å². The maximum absolute atomic E-state index is 12.6. The molecule has 2 unspecified atom stereocenters. The summed E-state index contributed by atoms with van der Waals surface area (Å²) in [6.45, 7) is 4.82. The topological polar surface area (TPSA) is 103 Å². The Bertz CT molecular complexity index is 931. The second-order valence-corrected chi connectivity index (χ2v) is 8.00. The monoisotopic (exact) mass is 402 g/mol. The van der Waals surface area contributed by atoms with Crippen LogP contribution >= 0.6 is 11.3 Å². The van der Waals surface area contributed by atoms with E-state index in [2.05, 4.69) is 15.0 Å². The molecule has 148 valence electrons. The predicted molar refractivity (Wildman–Crippen MR) is 104 cm³/mol. The van der Waals surface area contributed by atoms with Crippen LogP contribution < -0.4 is 0 Å². The molecule has 28 heavy (non-hydrogen) atoms. The first-order chi connectivity index (χ1) is 13.5. The summed E-state index contributed by atoms with van der Waals surface area (Å²) in [6.07, 6.45) is -2.86. The number of aryl methyl sites for hydroxylation is 1. The van der Waals surface area contributed by atoms with Gasteiger partial charge in [0.1, 0.15) is 16.9 Å². The Morgan fingerprint density at radius 2 is 2.00 bits per heavy atom. The fourth-order valence-electron chi connectivity index (χ4n) is 3.32. The molecule has 1 amide bonds. The molecule has 1 aliphatic heterocycles. The third kappa shape index (κ3) is 3.93. The molecule has 0 radical (unpaired) electrons. The van der Waals surface area contributed by atoms with Gasteiger partial charge in [-0.15, -0.1) is 11.3 Å². The molecule has 3 heterocycles. The van der Waals surface area contributed by atoms with Gasteiger partial charge in [0, 0.05) is 38.8 Å². The molecule has 9 heteroatoms. The molecular formula is C19H22N4O4S. The van der Waals surface area contributed by atoms with E-state index in [-0.39, 0.29) is 0 Å². The third-order valence-corrected chi connectivity index (χ3v) is 5.97. The van der Waals surface area contributed by atoms with Crippen LogP contribution in [0.15, 0.2) is 34.9 Å². The van der Waals surface area contributed by atoms with Gasteiger partial charge in [-0.3, -0.25) is 9.69 Å². The van der Waals surface area contributed by atoms with E-state index in [1.54, 1.807) is 4.90 Å². The minimum atomic E-state index is -1.52. The molecule has 0 aliphatic carbocycles. The summed E-state index contributed by atoms with van der Waals surface area (Å²) in [4.78, 5) is 20.7. The zero-order valence-corrected chi connectivity index (χ0v) is 16.3. The van der Waals surface area contributed by atoms with Gasteiger partial charge in [-0.1, -0.05) is 17.3 Å². The number of thiazole rings is 1. The summed E-state index contributed by atoms with van der Waals surface area (Å²) >= 11 is 1.29. The van der Waals surface area contributed by atoms with Crippen molar-refractivity contribution in [1.82, 2.24) is 19.9 Å². The predicted octanol–water partition coefficient (Wildman–Crippen LogP) is 1.33. The van der Waals surface area contributed by atoms with Crippen molar-refractivity contribution in [2.24, 2.45) is 0 Å². The van der Waals surface area contributed by atoms with E-state index in [0.29, 0.717) is 37.7 Å². The van der Waals surface area contributed by atoms with Crippen molar-refractivity contribution >= 4 is 27.5 Å². The molecule has 2 atom stereocenters. The minimum Gasteiger partial charge on any atom is -0.383 e. The number of aliphatic hydroxyl groups is 2. The number of hydrogen-bond donors (Lipinski definition) is 2. The Morgan fingerprint density at radius 1 is 1.25 bits per heavy atom. The van der Waals surface area contributed by atoms with Crippen LogP contribution in [0.2, 0.25) is 0 Å². The number of carbonyl (C=O) groups is 1. The first-order valence-corrected chi connectivity index (χ1v) is 9.98. The van der Waals surface area contributed by atoms with Crippen molar-refractivity contribution in [2.75, 3.05) is 26.2 Å². The van der Waals surface area contributed by atoms with E-state index in [1.807, 2.05) is 37.3 Å². The number of piperazine rings is 1. The molecule has 0 saturated carbocycles. The average molecular weight is 402 g/mol. The molecule has 4 rings (SSSR count). The van der Waals surface area contributed by atoms with Gasteiger partial charge < -0.3 is 19.6 Å². The third-order valence-electron chi connectivity index (χ3n) is 4.86. The fourth-order valence-corrected chi connectivity index (χ4v) is 4.31. The van der Waals surface area contributed by atoms with Crippen molar-refractivity contribution in [3.8, 4) is 0 Å². The lowest BCUT2D eigenvalue weighted by atomic mass is 10.1. The largest absolute Gasteiger partial charge is 0.383 e. The number of amides is 1. The summed E-state index contributed by atoms with van der Waals surface area (Å²) in [5, 5.41) is 25.2. The van der Waals surface area contributed by atoms with E-state index >= 15 is 0 Å². The molecule has 1 saturated heterocycles. The van der Waals surface area contributed by atoms with Crippen LogP contribution in [0.4, 0.5) is 0 Å². The standard InChI is InChI=1S/C19H22N4O4S/c1-12-10-13(21-27-12)11-22-6-8-23(9-7-22)19(26)17(25)16(24)18-20-14-4-2-3-5-15(14)28-18/h2-5,10,16-17,24-25H,6-9,11H2,1H3. The summed E-state index contributed by atoms with van der Waals surface area (Å²) in [6, 6.07) is 9.38. The van der Waals surface area contributed by atoms with Gasteiger partial charge in [0.05, 0.1) is 15.9 Å². The summed E-state index contributed by atoms with van der Waals surface area (Å²) in [7, 11) is 0. The lowest BCUT2D eigenvalue weighted by Crippen LogP contribution is -2.52. The molecule has 1 aliphatic rings. The van der Waals surface area contributed by atoms with Gasteiger partial charge in [0.15, 0.2) is 6.10 Å². The Kier molecular flexibility index (Phi) is 5.40. The van der Waals surface area contributed by atoms with Crippen molar-refractivity contribution in [1.29, 1.82) is 0 Å². The summed E-state index contributed by atoms with van der Waals surface area (Å²) < 4.78 is 5.99. The van der Waals surface area contributed by atoms with Crippen LogP contribution in [0, 0.1) is 6.92 Å². The first-order valence-electron chi connectivity index (χ1n) is 9.16. The number of fused-ring (bicyclic) bond motifs is 1. The van der Waals surface area contributed by atoms with Gasteiger partial charge in [0.25, 0.3) is 5.91 Å². The fraction of sp³-hybridized carbons (Fsp3) is 0.421. The number of hydrogen-bond acceptors (Lipinski definition) is 8. The molecule has 0 spiro atoms. The summed E-state index contributed by atoms with van der Waals surface area (Å²) in [5.74, 6) is 0.305. The number of nitrogens with zero attached hydrogens (tertiary/aromatic N) is 4. The Morgan fingerprint density at radius 3 is 2.68 bits per heavy atom. The van der Waals surface area contributed by atoms with Crippen molar-refractivity contribution in [3.05, 3.63) is 46.8 Å². The smallest absolute Gasteiger partial charge is 0.254 e. The summed E-state index contributed by atoms with van der Waals surface area (Å²) in [5.41, 5.74) is 1.61. The van der Waals surface area contributed by atoms with E-state index in [9.17, 15) is 15.0 Å². The van der Waals surface area contributed by atoms with E-state index in [1.165, 1.54) is 11.3 Å². The Labute approximate surface area is 166 Å². The molecule has 2 N–H and O–H groups in total. The molecule has 1 fully saturated rings. The number of rotatable bonds is 5. The molecule has 3 aromatic rings. The van der Waals surface area contributed by atoms with Crippen molar-refractivity contribution in [2.45, 2.75) is 25.7 Å². The lowest BCUT2D eigenvalue weighted by Gasteiger charge is -2.35.